The Morgan fingerprint density at radius 2 is 1.70 bits per heavy atom. The predicted molar refractivity (Wildman–Crippen MR) is 196 cm³/mol. The number of likely N-dealkylation sites (N-methyl/N-ethyl adjacent to an activating group) is 1. The minimum atomic E-state index is -0.732. The molecule has 2 aliphatic rings. The smallest absolute Gasteiger partial charge is 0.338 e. The Morgan fingerprint density at radius 1 is 1.00 bits per heavy atom. The second-order valence-corrected chi connectivity index (χ2v) is 14.1. The molecule has 1 saturated carbocycles. The van der Waals surface area contributed by atoms with Crippen molar-refractivity contribution < 1.29 is 23.9 Å². The van der Waals surface area contributed by atoms with Crippen molar-refractivity contribution in [1.82, 2.24) is 25.3 Å². The first-order valence-corrected chi connectivity index (χ1v) is 18.5. The zero-order valence-corrected chi connectivity index (χ0v) is 30.8. The number of rotatable bonds is 17. The average molecular weight is 708 g/mol. The van der Waals surface area contributed by atoms with Crippen molar-refractivity contribution in [1.29, 1.82) is 0 Å². The lowest BCUT2D eigenvalue weighted by atomic mass is 9.82. The van der Waals surface area contributed by atoms with Crippen molar-refractivity contribution >= 4 is 35.4 Å². The van der Waals surface area contributed by atoms with Crippen LogP contribution in [0.2, 0.25) is 5.02 Å². The fourth-order valence-electron chi connectivity index (χ4n) is 6.83. The monoisotopic (exact) mass is 707 g/mol. The molecule has 0 saturated heterocycles. The number of carbonyl (C=O) groups excluding carboxylic acids is 4. The maximum Gasteiger partial charge on any atom is 0.338 e. The van der Waals surface area contributed by atoms with Crippen molar-refractivity contribution in [2.24, 2.45) is 5.92 Å². The van der Waals surface area contributed by atoms with Crippen LogP contribution in [0.4, 0.5) is 4.79 Å². The van der Waals surface area contributed by atoms with Gasteiger partial charge in [-0.1, -0.05) is 86.7 Å². The standard InChI is InChI=1S/C39H54ClN5O5/c1-5-6-23-41-37(47)36(31-16-11-8-12-17-31)45(26-25-43(3)4)33(46)18-13-24-44-28(2)34(38(48)50-27-29-14-9-7-10-15-29)35(42-39(44)49)30-19-21-32(40)22-20-30/h7,9-10,14-15,19-22,31,35-36H,5-6,8,11-13,16-18,23-27H2,1-4H3,(H,41,47)(H,42,49). The van der Waals surface area contributed by atoms with Gasteiger partial charge < -0.3 is 25.2 Å². The summed E-state index contributed by atoms with van der Waals surface area (Å²) >= 11 is 6.14. The van der Waals surface area contributed by atoms with Gasteiger partial charge in [-0.25, -0.2) is 9.59 Å². The molecule has 2 unspecified atom stereocenters. The largest absolute Gasteiger partial charge is 0.457 e. The van der Waals surface area contributed by atoms with Gasteiger partial charge in [0, 0.05) is 43.3 Å². The highest BCUT2D eigenvalue weighted by molar-refractivity contribution is 6.30. The molecule has 0 bridgehead atoms. The van der Waals surface area contributed by atoms with Gasteiger partial charge in [0.2, 0.25) is 11.8 Å². The number of hydrogen-bond donors (Lipinski definition) is 2. The van der Waals surface area contributed by atoms with E-state index in [0.29, 0.717) is 47.9 Å². The fraction of sp³-hybridized carbons (Fsp3) is 0.538. The second kappa shape index (κ2) is 19.5. The number of carbonyl (C=O) groups is 4. The van der Waals surface area contributed by atoms with Gasteiger partial charge in [-0.05, 0) is 75.9 Å². The average Bonchev–Trinajstić information content (AvgIpc) is 3.11. The van der Waals surface area contributed by atoms with Crippen LogP contribution in [0.15, 0.2) is 65.9 Å². The maximum absolute atomic E-state index is 14.0. The molecule has 2 atom stereocenters. The van der Waals surface area contributed by atoms with Gasteiger partial charge >= 0.3 is 12.0 Å². The Morgan fingerprint density at radius 3 is 2.36 bits per heavy atom. The van der Waals surface area contributed by atoms with Crippen molar-refractivity contribution in [3.8, 4) is 0 Å². The molecule has 1 heterocycles. The summed E-state index contributed by atoms with van der Waals surface area (Å²) in [7, 11) is 3.92. The lowest BCUT2D eigenvalue weighted by Gasteiger charge is -2.39. The van der Waals surface area contributed by atoms with Gasteiger partial charge in [-0.3, -0.25) is 14.5 Å². The maximum atomic E-state index is 14.0. The van der Waals surface area contributed by atoms with Gasteiger partial charge in [0.05, 0.1) is 11.6 Å². The summed E-state index contributed by atoms with van der Waals surface area (Å²) in [6, 6.07) is 14.8. The summed E-state index contributed by atoms with van der Waals surface area (Å²) in [5, 5.41) is 6.64. The highest BCUT2D eigenvalue weighted by Crippen LogP contribution is 2.33. The van der Waals surface area contributed by atoms with Crippen LogP contribution in [-0.4, -0.2) is 84.8 Å². The molecule has 0 aromatic heterocycles. The lowest BCUT2D eigenvalue weighted by Crippen LogP contribution is -2.55. The fourth-order valence-corrected chi connectivity index (χ4v) is 6.96. The summed E-state index contributed by atoms with van der Waals surface area (Å²) < 4.78 is 5.76. The van der Waals surface area contributed by atoms with Gasteiger partial charge in [0.15, 0.2) is 0 Å². The number of hydrogen-bond acceptors (Lipinski definition) is 6. The highest BCUT2D eigenvalue weighted by atomic mass is 35.5. The third-order valence-electron chi connectivity index (χ3n) is 9.64. The SMILES string of the molecule is CCCCNC(=O)C(C1CCCCC1)N(CCN(C)C)C(=O)CCCN1C(=O)NC(c2ccc(Cl)cc2)C(C(=O)OCc2ccccc2)=C1C. The topological polar surface area (TPSA) is 111 Å². The van der Waals surface area contributed by atoms with Gasteiger partial charge in [0.25, 0.3) is 0 Å². The Kier molecular flexibility index (Phi) is 15.2. The van der Waals surface area contributed by atoms with E-state index < -0.39 is 18.1 Å². The molecule has 4 amide bonds. The third kappa shape index (κ3) is 10.8. The minimum Gasteiger partial charge on any atom is -0.457 e. The van der Waals surface area contributed by atoms with E-state index in [4.69, 9.17) is 16.3 Å². The number of benzene rings is 2. The molecule has 50 heavy (non-hydrogen) atoms. The van der Waals surface area contributed by atoms with E-state index in [1.807, 2.05) is 49.3 Å². The number of ether oxygens (including phenoxy) is 1. The summed E-state index contributed by atoms with van der Waals surface area (Å²) in [6.07, 6.45) is 7.49. The van der Waals surface area contributed by atoms with E-state index in [9.17, 15) is 19.2 Å². The number of amides is 4. The molecule has 272 valence electrons. The molecular formula is C39H54ClN5O5. The number of urea groups is 1. The van der Waals surface area contributed by atoms with E-state index >= 15 is 0 Å². The molecule has 4 rings (SSSR count). The van der Waals surface area contributed by atoms with Crippen LogP contribution >= 0.6 is 11.6 Å². The number of allylic oxidation sites excluding steroid dienone is 1. The molecule has 1 fully saturated rings. The molecule has 1 aliphatic carbocycles. The first-order chi connectivity index (χ1) is 24.1. The van der Waals surface area contributed by atoms with Crippen LogP contribution in [-0.2, 0) is 25.7 Å². The first-order valence-electron chi connectivity index (χ1n) is 18.1. The molecule has 2 N–H and O–H groups in total. The normalized spacial score (nSPS) is 17.4. The van der Waals surface area contributed by atoms with Crippen LogP contribution in [0, 0.1) is 5.92 Å². The van der Waals surface area contributed by atoms with Crippen LogP contribution < -0.4 is 10.6 Å². The molecule has 2 aromatic rings. The van der Waals surface area contributed by atoms with Crippen molar-refractivity contribution in [2.75, 3.05) is 40.3 Å². The molecule has 0 spiro atoms. The zero-order valence-electron chi connectivity index (χ0n) is 30.1. The summed E-state index contributed by atoms with van der Waals surface area (Å²) in [6.45, 7) is 5.80. The van der Waals surface area contributed by atoms with Gasteiger partial charge in [-0.15, -0.1) is 0 Å². The minimum absolute atomic E-state index is 0.0708. The number of nitrogens with zero attached hydrogens (tertiary/aromatic N) is 3. The molecular weight excluding hydrogens is 654 g/mol. The second-order valence-electron chi connectivity index (χ2n) is 13.6. The Bertz CT molecular complexity index is 1460. The van der Waals surface area contributed by atoms with Crippen LogP contribution in [0.1, 0.15) is 88.8 Å². The molecule has 10 nitrogen and oxygen atoms in total. The van der Waals surface area contributed by atoms with Gasteiger partial charge in [0.1, 0.15) is 12.6 Å². The lowest BCUT2D eigenvalue weighted by molar-refractivity contribution is -0.143. The van der Waals surface area contributed by atoms with E-state index in [1.165, 1.54) is 4.90 Å². The van der Waals surface area contributed by atoms with Crippen molar-refractivity contribution in [3.63, 3.8) is 0 Å². The summed E-state index contributed by atoms with van der Waals surface area (Å²) in [4.78, 5) is 60.3. The third-order valence-corrected chi connectivity index (χ3v) is 9.90. The predicted octanol–water partition coefficient (Wildman–Crippen LogP) is 6.46. The van der Waals surface area contributed by atoms with Crippen molar-refractivity contribution in [2.45, 2.75) is 90.3 Å². The summed E-state index contributed by atoms with van der Waals surface area (Å²) in [5.41, 5.74) is 2.34. The van der Waals surface area contributed by atoms with E-state index in [0.717, 1.165) is 50.5 Å². The Balaban J connectivity index is 1.53. The van der Waals surface area contributed by atoms with Crippen LogP contribution in [0.25, 0.3) is 0 Å². The number of unbranched alkanes of at least 4 members (excludes halogenated alkanes) is 1. The summed E-state index contributed by atoms with van der Waals surface area (Å²) in [5.74, 6) is -0.595. The van der Waals surface area contributed by atoms with Crippen LogP contribution in [0.5, 0.6) is 0 Å². The highest BCUT2D eigenvalue weighted by Gasteiger charge is 2.38. The Labute approximate surface area is 302 Å². The molecule has 11 heteroatoms. The molecule has 2 aromatic carbocycles. The van der Waals surface area contributed by atoms with Crippen LogP contribution in [0.3, 0.4) is 0 Å². The van der Waals surface area contributed by atoms with E-state index in [2.05, 4.69) is 17.6 Å². The number of esters is 1. The number of halogens is 1. The zero-order chi connectivity index (χ0) is 36.0. The van der Waals surface area contributed by atoms with E-state index in [1.54, 1.807) is 36.1 Å². The van der Waals surface area contributed by atoms with Crippen molar-refractivity contribution in [3.05, 3.63) is 82.0 Å². The van der Waals surface area contributed by atoms with E-state index in [-0.39, 0.29) is 43.3 Å². The number of nitrogens with one attached hydrogen (secondary N) is 2. The quantitative estimate of drug-likeness (QED) is 0.144. The molecule has 1 aliphatic heterocycles. The molecule has 0 radical (unpaired) electrons. The van der Waals surface area contributed by atoms with Gasteiger partial charge in [-0.2, -0.15) is 0 Å². The first kappa shape index (κ1) is 38.9. The Hall–Kier alpha value is -3.89.